The van der Waals surface area contributed by atoms with Crippen molar-refractivity contribution < 1.29 is 4.74 Å². The van der Waals surface area contributed by atoms with E-state index in [0.29, 0.717) is 5.95 Å². The molecule has 0 saturated carbocycles. The summed E-state index contributed by atoms with van der Waals surface area (Å²) in [5, 5.41) is 0. The molecule has 3 rings (SSSR count). The van der Waals surface area contributed by atoms with Gasteiger partial charge in [-0.05, 0) is 31.2 Å². The number of hydrogen-bond donors (Lipinski definition) is 1. The van der Waals surface area contributed by atoms with E-state index in [2.05, 4.69) is 9.97 Å². The van der Waals surface area contributed by atoms with Crippen LogP contribution in [0, 0.1) is 6.92 Å². The van der Waals surface area contributed by atoms with E-state index in [9.17, 15) is 0 Å². The van der Waals surface area contributed by atoms with Crippen LogP contribution in [0.1, 0.15) is 5.69 Å². The second kappa shape index (κ2) is 4.28. The SMILES string of the molecule is COc1ccccc1-n1c(N)nc2ccc(C)nc21. The number of imidazole rings is 1. The Kier molecular flexibility index (Phi) is 2.59. The Labute approximate surface area is 110 Å². The molecule has 5 heteroatoms. The molecule has 3 aromatic rings. The lowest BCUT2D eigenvalue weighted by atomic mass is 10.3. The lowest BCUT2D eigenvalue weighted by molar-refractivity contribution is 0.413. The van der Waals surface area contributed by atoms with E-state index in [1.165, 1.54) is 0 Å². The van der Waals surface area contributed by atoms with E-state index >= 15 is 0 Å². The first kappa shape index (κ1) is 11.5. The van der Waals surface area contributed by atoms with Crippen LogP contribution in [0.4, 0.5) is 5.95 Å². The van der Waals surface area contributed by atoms with E-state index in [-0.39, 0.29) is 0 Å². The molecule has 0 aliphatic heterocycles. The van der Waals surface area contributed by atoms with Crippen LogP contribution in [-0.2, 0) is 0 Å². The lowest BCUT2D eigenvalue weighted by Crippen LogP contribution is -2.03. The minimum atomic E-state index is 0.401. The van der Waals surface area contributed by atoms with Gasteiger partial charge in [0, 0.05) is 5.69 Å². The molecular formula is C14H14N4O. The van der Waals surface area contributed by atoms with Gasteiger partial charge in [0.15, 0.2) is 5.65 Å². The number of hydrogen-bond acceptors (Lipinski definition) is 4. The number of nitrogens with zero attached hydrogens (tertiary/aromatic N) is 3. The summed E-state index contributed by atoms with van der Waals surface area (Å²) in [6.45, 7) is 1.94. The minimum Gasteiger partial charge on any atom is -0.495 e. The topological polar surface area (TPSA) is 66.0 Å². The summed E-state index contributed by atoms with van der Waals surface area (Å²) in [4.78, 5) is 8.84. The summed E-state index contributed by atoms with van der Waals surface area (Å²) in [5.74, 6) is 1.13. The van der Waals surface area contributed by atoms with Gasteiger partial charge in [-0.15, -0.1) is 0 Å². The van der Waals surface area contributed by atoms with E-state index in [0.717, 1.165) is 28.3 Å². The number of pyridine rings is 1. The van der Waals surface area contributed by atoms with E-state index in [1.54, 1.807) is 11.7 Å². The average molecular weight is 254 g/mol. The number of nitrogens with two attached hydrogens (primary N) is 1. The molecule has 2 heterocycles. The second-order valence-corrected chi connectivity index (χ2v) is 4.27. The molecule has 1 aromatic carbocycles. The third-order valence-corrected chi connectivity index (χ3v) is 3.00. The van der Waals surface area contributed by atoms with Gasteiger partial charge in [0.2, 0.25) is 5.95 Å². The summed E-state index contributed by atoms with van der Waals surface area (Å²) < 4.78 is 7.18. The number of rotatable bonds is 2. The molecule has 0 saturated heterocycles. The van der Waals surface area contributed by atoms with Gasteiger partial charge in [-0.25, -0.2) is 9.97 Å². The fraction of sp³-hybridized carbons (Fsp3) is 0.143. The Morgan fingerprint density at radius 3 is 2.68 bits per heavy atom. The van der Waals surface area contributed by atoms with E-state index < -0.39 is 0 Å². The maximum absolute atomic E-state index is 6.02. The van der Waals surface area contributed by atoms with Crippen molar-refractivity contribution in [3.8, 4) is 11.4 Å². The fourth-order valence-corrected chi connectivity index (χ4v) is 2.12. The molecule has 2 aromatic heterocycles. The van der Waals surface area contributed by atoms with Crippen molar-refractivity contribution in [2.45, 2.75) is 6.92 Å². The van der Waals surface area contributed by atoms with Crippen LogP contribution in [0.3, 0.4) is 0 Å². The Hall–Kier alpha value is -2.56. The Bertz CT molecular complexity index is 748. The standard InChI is InChI=1S/C14H14N4O/c1-9-7-8-10-13(16-9)18(14(15)17-10)11-5-3-4-6-12(11)19-2/h3-8H,1-2H3,(H2,15,17). The number of aryl methyl sites for hydroxylation is 1. The summed E-state index contributed by atoms with van der Waals surface area (Å²) in [6, 6.07) is 11.5. The first-order chi connectivity index (χ1) is 9.20. The van der Waals surface area contributed by atoms with Crippen LogP contribution in [0.25, 0.3) is 16.9 Å². The second-order valence-electron chi connectivity index (χ2n) is 4.27. The van der Waals surface area contributed by atoms with Crippen LogP contribution < -0.4 is 10.5 Å². The highest BCUT2D eigenvalue weighted by Crippen LogP contribution is 2.28. The van der Waals surface area contributed by atoms with Gasteiger partial charge < -0.3 is 10.5 Å². The van der Waals surface area contributed by atoms with E-state index in [1.807, 2.05) is 43.3 Å². The molecule has 0 radical (unpaired) electrons. The number of benzene rings is 1. The zero-order valence-electron chi connectivity index (χ0n) is 10.8. The summed E-state index contributed by atoms with van der Waals surface area (Å²) in [6.07, 6.45) is 0. The zero-order valence-corrected chi connectivity index (χ0v) is 10.8. The number of methoxy groups -OCH3 is 1. The molecule has 0 bridgehead atoms. The van der Waals surface area contributed by atoms with Crippen LogP contribution in [-0.4, -0.2) is 21.6 Å². The highest BCUT2D eigenvalue weighted by atomic mass is 16.5. The van der Waals surface area contributed by atoms with Crippen LogP contribution >= 0.6 is 0 Å². The number of anilines is 1. The third kappa shape index (κ3) is 1.79. The van der Waals surface area contributed by atoms with Gasteiger partial charge in [-0.1, -0.05) is 12.1 Å². The van der Waals surface area contributed by atoms with Gasteiger partial charge in [-0.3, -0.25) is 4.57 Å². The smallest absolute Gasteiger partial charge is 0.207 e. The summed E-state index contributed by atoms with van der Waals surface area (Å²) >= 11 is 0. The molecule has 0 unspecified atom stereocenters. The molecule has 96 valence electrons. The highest BCUT2D eigenvalue weighted by molar-refractivity contribution is 5.78. The first-order valence-corrected chi connectivity index (χ1v) is 5.95. The van der Waals surface area contributed by atoms with Gasteiger partial charge in [0.1, 0.15) is 11.3 Å². The number of fused-ring (bicyclic) bond motifs is 1. The molecule has 0 spiro atoms. The molecule has 0 amide bonds. The van der Waals surface area contributed by atoms with Crippen LogP contribution in [0.2, 0.25) is 0 Å². The molecule has 2 N–H and O–H groups in total. The van der Waals surface area contributed by atoms with Gasteiger partial charge in [-0.2, -0.15) is 0 Å². The third-order valence-electron chi connectivity index (χ3n) is 3.00. The summed E-state index contributed by atoms with van der Waals surface area (Å²) in [7, 11) is 1.63. The van der Waals surface area contributed by atoms with Crippen molar-refractivity contribution in [3.63, 3.8) is 0 Å². The van der Waals surface area contributed by atoms with Crippen molar-refractivity contribution in [3.05, 3.63) is 42.1 Å². The van der Waals surface area contributed by atoms with E-state index in [4.69, 9.17) is 10.5 Å². The Balaban J connectivity index is 2.35. The molecule has 0 aliphatic rings. The lowest BCUT2D eigenvalue weighted by Gasteiger charge is -2.10. The fourth-order valence-electron chi connectivity index (χ4n) is 2.12. The number of aromatic nitrogens is 3. The monoisotopic (exact) mass is 254 g/mol. The molecule has 5 nitrogen and oxygen atoms in total. The zero-order chi connectivity index (χ0) is 13.4. The maximum atomic E-state index is 6.02. The molecule has 0 atom stereocenters. The number of para-hydroxylation sites is 2. The quantitative estimate of drug-likeness (QED) is 0.762. The van der Waals surface area contributed by atoms with Gasteiger partial charge in [0.05, 0.1) is 12.8 Å². The maximum Gasteiger partial charge on any atom is 0.207 e. The van der Waals surface area contributed by atoms with Gasteiger partial charge >= 0.3 is 0 Å². The molecular weight excluding hydrogens is 240 g/mol. The first-order valence-electron chi connectivity index (χ1n) is 5.95. The Morgan fingerprint density at radius 2 is 1.89 bits per heavy atom. The van der Waals surface area contributed by atoms with Crippen molar-refractivity contribution in [1.29, 1.82) is 0 Å². The predicted octanol–water partition coefficient (Wildman–Crippen LogP) is 2.32. The number of ether oxygens (including phenoxy) is 1. The normalized spacial score (nSPS) is 10.8. The molecule has 19 heavy (non-hydrogen) atoms. The molecule has 0 fully saturated rings. The molecule has 0 aliphatic carbocycles. The minimum absolute atomic E-state index is 0.401. The van der Waals surface area contributed by atoms with Crippen molar-refractivity contribution >= 4 is 17.1 Å². The van der Waals surface area contributed by atoms with Crippen LogP contribution in [0.15, 0.2) is 36.4 Å². The van der Waals surface area contributed by atoms with Crippen molar-refractivity contribution in [2.75, 3.05) is 12.8 Å². The van der Waals surface area contributed by atoms with Gasteiger partial charge in [0.25, 0.3) is 0 Å². The highest BCUT2D eigenvalue weighted by Gasteiger charge is 2.14. The average Bonchev–Trinajstić information content (AvgIpc) is 2.74. The largest absolute Gasteiger partial charge is 0.495 e. The summed E-state index contributed by atoms with van der Waals surface area (Å²) in [5.41, 5.74) is 9.28. The number of nitrogen functional groups attached to an aromatic ring is 1. The van der Waals surface area contributed by atoms with Crippen molar-refractivity contribution in [1.82, 2.24) is 14.5 Å². The van der Waals surface area contributed by atoms with Crippen LogP contribution in [0.5, 0.6) is 5.75 Å². The van der Waals surface area contributed by atoms with Crippen molar-refractivity contribution in [2.24, 2.45) is 0 Å². The predicted molar refractivity (Wildman–Crippen MR) is 74.6 cm³/mol. The Morgan fingerprint density at radius 1 is 1.11 bits per heavy atom.